The Kier molecular flexibility index (Phi) is 3.71. The summed E-state index contributed by atoms with van der Waals surface area (Å²) in [5.74, 6) is 0.686. The summed E-state index contributed by atoms with van der Waals surface area (Å²) in [5, 5.41) is 0.944. The first kappa shape index (κ1) is 13.1. The molecule has 0 spiro atoms. The number of hydrogen-bond donors (Lipinski definition) is 0. The number of carbonyl (C=O) groups excluding carboxylic acids is 1. The number of Topliss-reactive ketones (excluding diaryl/α,β-unsaturated/α-hetero) is 1. The SMILES string of the molecule is CC(C)(C)SCC(=O)c1cccc2ncccc12. The molecule has 0 saturated heterocycles. The molecule has 0 bridgehead atoms. The van der Waals surface area contributed by atoms with Crippen LogP contribution < -0.4 is 0 Å². The van der Waals surface area contributed by atoms with Crippen molar-refractivity contribution >= 4 is 28.4 Å². The predicted molar refractivity (Wildman–Crippen MR) is 78.3 cm³/mol. The van der Waals surface area contributed by atoms with Gasteiger partial charge in [-0.05, 0) is 12.1 Å². The molecule has 1 aromatic carbocycles. The number of hydrogen-bond acceptors (Lipinski definition) is 3. The highest BCUT2D eigenvalue weighted by atomic mass is 32.2. The third-order valence-corrected chi connectivity index (χ3v) is 3.85. The van der Waals surface area contributed by atoms with Crippen LogP contribution in [0.15, 0.2) is 36.5 Å². The maximum atomic E-state index is 12.3. The maximum Gasteiger partial charge on any atom is 0.173 e. The summed E-state index contributed by atoms with van der Waals surface area (Å²) in [6.07, 6.45) is 1.75. The molecule has 0 atom stereocenters. The second-order valence-electron chi connectivity index (χ2n) is 5.20. The van der Waals surface area contributed by atoms with Crippen molar-refractivity contribution < 1.29 is 4.79 Å². The number of rotatable bonds is 3. The van der Waals surface area contributed by atoms with Gasteiger partial charge in [-0.2, -0.15) is 0 Å². The van der Waals surface area contributed by atoms with Crippen LogP contribution in [0.25, 0.3) is 10.9 Å². The smallest absolute Gasteiger partial charge is 0.173 e. The monoisotopic (exact) mass is 259 g/mol. The summed E-state index contributed by atoms with van der Waals surface area (Å²) in [6, 6.07) is 9.54. The van der Waals surface area contributed by atoms with Gasteiger partial charge in [-0.1, -0.05) is 39.0 Å². The number of fused-ring (bicyclic) bond motifs is 1. The van der Waals surface area contributed by atoms with Gasteiger partial charge >= 0.3 is 0 Å². The first-order valence-electron chi connectivity index (χ1n) is 5.98. The summed E-state index contributed by atoms with van der Waals surface area (Å²) in [5.41, 5.74) is 1.65. The van der Waals surface area contributed by atoms with Gasteiger partial charge in [-0.3, -0.25) is 9.78 Å². The van der Waals surface area contributed by atoms with Gasteiger partial charge < -0.3 is 0 Å². The molecule has 1 heterocycles. The molecule has 0 amide bonds. The van der Waals surface area contributed by atoms with Crippen molar-refractivity contribution in [2.75, 3.05) is 5.75 Å². The number of thioether (sulfide) groups is 1. The second-order valence-corrected chi connectivity index (χ2v) is 7.00. The van der Waals surface area contributed by atoms with E-state index in [1.807, 2.05) is 30.3 Å². The van der Waals surface area contributed by atoms with Crippen molar-refractivity contribution in [2.45, 2.75) is 25.5 Å². The number of carbonyl (C=O) groups is 1. The molecular weight excluding hydrogens is 242 g/mol. The zero-order chi connectivity index (χ0) is 13.2. The van der Waals surface area contributed by atoms with E-state index in [4.69, 9.17) is 0 Å². The zero-order valence-electron chi connectivity index (χ0n) is 10.9. The highest BCUT2D eigenvalue weighted by molar-refractivity contribution is 8.01. The molecule has 0 aliphatic rings. The van der Waals surface area contributed by atoms with Gasteiger partial charge in [0.05, 0.1) is 11.3 Å². The van der Waals surface area contributed by atoms with E-state index in [-0.39, 0.29) is 10.5 Å². The number of nitrogens with zero attached hydrogens (tertiary/aromatic N) is 1. The fourth-order valence-electron chi connectivity index (χ4n) is 1.71. The summed E-state index contributed by atoms with van der Waals surface area (Å²) in [4.78, 5) is 16.5. The highest BCUT2D eigenvalue weighted by Gasteiger charge is 2.16. The van der Waals surface area contributed by atoms with Crippen LogP contribution in [-0.2, 0) is 0 Å². The van der Waals surface area contributed by atoms with Crippen LogP contribution in [0.5, 0.6) is 0 Å². The topological polar surface area (TPSA) is 30.0 Å². The van der Waals surface area contributed by atoms with E-state index in [2.05, 4.69) is 25.8 Å². The zero-order valence-corrected chi connectivity index (χ0v) is 11.8. The molecule has 18 heavy (non-hydrogen) atoms. The van der Waals surface area contributed by atoms with Gasteiger partial charge in [0.25, 0.3) is 0 Å². The molecule has 0 fully saturated rings. The average molecular weight is 259 g/mol. The Morgan fingerprint density at radius 1 is 1.22 bits per heavy atom. The lowest BCUT2D eigenvalue weighted by Gasteiger charge is -2.17. The second kappa shape index (κ2) is 5.11. The van der Waals surface area contributed by atoms with E-state index in [9.17, 15) is 4.79 Å². The lowest BCUT2D eigenvalue weighted by molar-refractivity contribution is 0.102. The van der Waals surface area contributed by atoms with Crippen LogP contribution in [0.3, 0.4) is 0 Å². The van der Waals surface area contributed by atoms with E-state index < -0.39 is 0 Å². The van der Waals surface area contributed by atoms with Crippen LogP contribution in [0.4, 0.5) is 0 Å². The molecule has 0 unspecified atom stereocenters. The quantitative estimate of drug-likeness (QED) is 0.782. The van der Waals surface area contributed by atoms with Crippen molar-refractivity contribution in [3.05, 3.63) is 42.1 Å². The van der Waals surface area contributed by atoms with Gasteiger partial charge in [0.2, 0.25) is 0 Å². The number of aromatic nitrogens is 1. The first-order chi connectivity index (χ1) is 8.47. The van der Waals surface area contributed by atoms with Gasteiger partial charge in [0.1, 0.15) is 0 Å². The largest absolute Gasteiger partial charge is 0.293 e. The van der Waals surface area contributed by atoms with Crippen LogP contribution in [0.1, 0.15) is 31.1 Å². The minimum atomic E-state index is 0.110. The fraction of sp³-hybridized carbons (Fsp3) is 0.333. The number of pyridine rings is 1. The standard InChI is InChI=1S/C15H17NOS/c1-15(2,3)18-10-14(17)12-6-4-8-13-11(12)7-5-9-16-13/h4-9H,10H2,1-3H3. The van der Waals surface area contributed by atoms with Gasteiger partial charge in [0.15, 0.2) is 5.78 Å². The minimum absolute atomic E-state index is 0.110. The highest BCUT2D eigenvalue weighted by Crippen LogP contribution is 2.25. The Morgan fingerprint density at radius 3 is 2.72 bits per heavy atom. The van der Waals surface area contributed by atoms with Crippen molar-refractivity contribution in [2.24, 2.45) is 0 Å². The van der Waals surface area contributed by atoms with E-state index in [1.54, 1.807) is 18.0 Å². The number of benzene rings is 1. The van der Waals surface area contributed by atoms with Crippen molar-refractivity contribution in [3.8, 4) is 0 Å². The molecule has 2 aromatic rings. The van der Waals surface area contributed by atoms with Gasteiger partial charge in [0, 0.05) is 21.9 Å². The Bertz CT molecular complexity index is 567. The van der Waals surface area contributed by atoms with Crippen LogP contribution in [0.2, 0.25) is 0 Å². The Hall–Kier alpha value is -1.35. The normalized spacial score (nSPS) is 11.7. The molecule has 1 aromatic heterocycles. The lowest BCUT2D eigenvalue weighted by Crippen LogP contribution is -2.13. The molecule has 2 rings (SSSR count). The summed E-state index contributed by atoms with van der Waals surface area (Å²) >= 11 is 1.68. The molecule has 0 N–H and O–H groups in total. The average Bonchev–Trinajstić information content (AvgIpc) is 2.34. The molecule has 0 saturated carbocycles. The van der Waals surface area contributed by atoms with E-state index >= 15 is 0 Å². The molecule has 94 valence electrons. The molecular formula is C15H17NOS. The van der Waals surface area contributed by atoms with Crippen molar-refractivity contribution in [1.29, 1.82) is 0 Å². The Morgan fingerprint density at radius 2 is 2.00 bits per heavy atom. The van der Waals surface area contributed by atoms with Crippen molar-refractivity contribution in [3.63, 3.8) is 0 Å². The van der Waals surface area contributed by atoms with Crippen LogP contribution in [-0.4, -0.2) is 21.3 Å². The molecule has 0 radical (unpaired) electrons. The fourth-order valence-corrected chi connectivity index (χ4v) is 2.43. The Balaban J connectivity index is 2.28. The van der Waals surface area contributed by atoms with Gasteiger partial charge in [-0.25, -0.2) is 0 Å². The summed E-state index contributed by atoms with van der Waals surface area (Å²) in [7, 11) is 0. The van der Waals surface area contributed by atoms with Crippen LogP contribution in [0, 0.1) is 0 Å². The molecule has 2 nitrogen and oxygen atoms in total. The Labute approximate surface area is 112 Å². The summed E-state index contributed by atoms with van der Waals surface area (Å²) < 4.78 is 0.110. The lowest BCUT2D eigenvalue weighted by atomic mass is 10.1. The predicted octanol–water partition coefficient (Wildman–Crippen LogP) is 3.95. The third kappa shape index (κ3) is 3.10. The third-order valence-electron chi connectivity index (χ3n) is 2.58. The number of ketones is 1. The molecule has 3 heteroatoms. The van der Waals surface area contributed by atoms with Crippen LogP contribution >= 0.6 is 11.8 Å². The molecule has 0 aliphatic heterocycles. The van der Waals surface area contributed by atoms with Crippen molar-refractivity contribution in [1.82, 2.24) is 4.98 Å². The first-order valence-corrected chi connectivity index (χ1v) is 6.97. The summed E-state index contributed by atoms with van der Waals surface area (Å²) in [6.45, 7) is 6.36. The van der Waals surface area contributed by atoms with E-state index in [1.165, 1.54) is 0 Å². The molecule has 0 aliphatic carbocycles. The van der Waals surface area contributed by atoms with Gasteiger partial charge in [-0.15, -0.1) is 11.8 Å². The maximum absolute atomic E-state index is 12.3. The minimum Gasteiger partial charge on any atom is -0.293 e. The van der Waals surface area contributed by atoms with E-state index in [0.29, 0.717) is 5.75 Å². The van der Waals surface area contributed by atoms with E-state index in [0.717, 1.165) is 16.5 Å².